The summed E-state index contributed by atoms with van der Waals surface area (Å²) in [5, 5.41) is 5.94. The quantitative estimate of drug-likeness (QED) is 0.0897. The molecule has 0 amide bonds. The molecular formula is C69H63Cl3SiTi. The Morgan fingerprint density at radius 2 is 0.541 bits per heavy atom. The van der Waals surface area contributed by atoms with Crippen LogP contribution in [0.25, 0.3) is 0 Å². The van der Waals surface area contributed by atoms with E-state index in [9.17, 15) is 0 Å². The van der Waals surface area contributed by atoms with Gasteiger partial charge in [0.05, 0.1) is 0 Å². The van der Waals surface area contributed by atoms with E-state index in [2.05, 4.69) is 284 Å². The molecule has 0 nitrogen and oxygen atoms in total. The Hall–Kier alpha value is -5.74. The Morgan fingerprint density at radius 3 is 0.743 bits per heavy atom. The van der Waals surface area contributed by atoms with E-state index < -0.39 is 8.07 Å². The van der Waals surface area contributed by atoms with Gasteiger partial charge < -0.3 is 37.2 Å². The van der Waals surface area contributed by atoms with Gasteiger partial charge in [-0.1, -0.05) is 0 Å². The van der Waals surface area contributed by atoms with E-state index in [4.69, 9.17) is 0 Å². The minimum absolute atomic E-state index is 0. The minimum atomic E-state index is -3.29. The molecule has 1 aliphatic rings. The fourth-order valence-corrected chi connectivity index (χ4v) is 18.1. The topological polar surface area (TPSA) is 0 Å². The van der Waals surface area contributed by atoms with E-state index in [1.165, 1.54) is 91.8 Å². The van der Waals surface area contributed by atoms with Crippen molar-refractivity contribution in [1.82, 2.24) is 0 Å². The van der Waals surface area contributed by atoms with Crippen molar-refractivity contribution in [3.8, 4) is 0 Å². The number of allylic oxidation sites excluding steroid dienone is 4. The first-order valence-corrected chi connectivity index (χ1v) is 28.2. The van der Waals surface area contributed by atoms with Crippen LogP contribution < -0.4 is 52.8 Å². The van der Waals surface area contributed by atoms with Gasteiger partial charge in [-0.15, -0.1) is 0 Å². The predicted molar refractivity (Wildman–Crippen MR) is 299 cm³/mol. The maximum Gasteiger partial charge on any atom is -1.00 e. The number of hydrogen-bond donors (Lipinski definition) is 0. The van der Waals surface area contributed by atoms with Crippen molar-refractivity contribution >= 4 is 23.6 Å². The molecule has 0 heterocycles. The SMILES string of the molecule is CC(C)(C)C1=[C]([Ti+3])CC=C1[Si](c1cc(Cc2ccccc2)cc(Cc2ccccc2)c1)(c1cc(Cc2ccccc2)cc(Cc2ccccc2)c1)c1cc(Cc2ccccc2)cc(Cc2ccccc2)c1.[Cl-].[Cl-].[Cl-]. The van der Waals surface area contributed by atoms with Gasteiger partial charge in [-0.05, 0) is 0 Å². The largest absolute Gasteiger partial charge is 1.00 e. The Bertz CT molecular complexity index is 2800. The molecule has 0 aromatic heterocycles. The molecular weight excluding hydrogens is 1010 g/mol. The second-order valence-electron chi connectivity index (χ2n) is 20.8. The molecule has 0 saturated carbocycles. The van der Waals surface area contributed by atoms with Crippen molar-refractivity contribution in [3.05, 3.63) is 324 Å². The average Bonchev–Trinajstić information content (AvgIpc) is 3.78. The third kappa shape index (κ3) is 13.4. The summed E-state index contributed by atoms with van der Waals surface area (Å²) in [4.78, 5) is 0. The van der Waals surface area contributed by atoms with Crippen LogP contribution in [0.15, 0.2) is 257 Å². The van der Waals surface area contributed by atoms with Gasteiger partial charge in [0.25, 0.3) is 0 Å². The zero-order chi connectivity index (χ0) is 48.6. The monoisotopic (exact) mass is 1070 g/mol. The Morgan fingerprint density at radius 1 is 0.324 bits per heavy atom. The average molecular weight is 1070 g/mol. The van der Waals surface area contributed by atoms with E-state index in [-0.39, 0.29) is 42.6 Å². The Balaban J connectivity index is 0.00000267. The zero-order valence-electron chi connectivity index (χ0n) is 42.7. The van der Waals surface area contributed by atoms with Crippen molar-refractivity contribution in [2.45, 2.75) is 65.7 Å². The fraction of sp³-hybridized carbons (Fsp3) is 0.159. The number of halogens is 3. The third-order valence-electron chi connectivity index (χ3n) is 14.2. The van der Waals surface area contributed by atoms with Crippen LogP contribution in [0.1, 0.15) is 94.0 Å². The molecule has 0 radical (unpaired) electrons. The van der Waals surface area contributed by atoms with Crippen LogP contribution in [-0.2, 0) is 59.0 Å². The number of hydrogen-bond acceptors (Lipinski definition) is 0. The second-order valence-corrected chi connectivity index (χ2v) is 25.5. The van der Waals surface area contributed by atoms with Gasteiger partial charge in [0.1, 0.15) is 0 Å². The molecule has 0 spiro atoms. The molecule has 1 aliphatic carbocycles. The summed E-state index contributed by atoms with van der Waals surface area (Å²) < 4.78 is 1.49. The summed E-state index contributed by atoms with van der Waals surface area (Å²) in [5.41, 5.74) is 17.6. The van der Waals surface area contributed by atoms with E-state index in [1.807, 2.05) is 0 Å². The molecule has 0 atom stereocenters. The molecule has 0 N–H and O–H groups in total. The zero-order valence-corrected chi connectivity index (χ0v) is 47.5. The summed E-state index contributed by atoms with van der Waals surface area (Å²) in [5.74, 6) is 0. The van der Waals surface area contributed by atoms with Gasteiger partial charge >= 0.3 is 439 Å². The third-order valence-corrected chi connectivity index (χ3v) is 19.6. The molecule has 9 aromatic carbocycles. The van der Waals surface area contributed by atoms with Gasteiger partial charge in [-0.2, -0.15) is 0 Å². The van der Waals surface area contributed by atoms with Crippen molar-refractivity contribution < 1.29 is 57.7 Å². The van der Waals surface area contributed by atoms with Gasteiger partial charge in [-0.3, -0.25) is 0 Å². The molecule has 0 unspecified atom stereocenters. The number of rotatable bonds is 16. The minimum Gasteiger partial charge on any atom is -1.00 e. The second kappa shape index (κ2) is 25.7. The van der Waals surface area contributed by atoms with Gasteiger partial charge in [0.2, 0.25) is 0 Å². The van der Waals surface area contributed by atoms with Gasteiger partial charge in [0.15, 0.2) is 0 Å². The summed E-state index contributed by atoms with van der Waals surface area (Å²) in [7, 11) is -3.29. The van der Waals surface area contributed by atoms with Crippen LogP contribution in [0, 0.1) is 5.41 Å². The first-order valence-electron chi connectivity index (χ1n) is 25.5. The van der Waals surface area contributed by atoms with Crippen molar-refractivity contribution in [2.75, 3.05) is 0 Å². The molecule has 0 aliphatic heterocycles. The summed E-state index contributed by atoms with van der Waals surface area (Å²) in [6.07, 6.45) is 8.82. The van der Waals surface area contributed by atoms with E-state index in [1.54, 1.807) is 5.20 Å². The van der Waals surface area contributed by atoms with Crippen molar-refractivity contribution in [2.24, 2.45) is 5.41 Å². The van der Waals surface area contributed by atoms with Crippen LogP contribution in [0.4, 0.5) is 0 Å². The van der Waals surface area contributed by atoms with Crippen LogP contribution in [0.3, 0.4) is 0 Å². The Labute approximate surface area is 472 Å². The number of benzene rings is 9. The standard InChI is InChI=1S/C69H63Si.3ClH.Ti/c1-69(2,3)67-35-22-36-68(67)70(64-46-58(37-52-23-10-4-11-24-52)43-59(47-64)38-53-25-12-5-13-26-53,65-48-60(39-54-27-14-6-15-28-54)44-61(49-65)40-55-29-16-7-17-30-55)66-50-62(41-56-31-18-8-19-32-56)45-63(51-66)42-57-33-20-9-21-34-57;;;;/h4-21,23-34,36,43-51H,22,37-42H2,1-3H3;3*1H;/q;;;;+3/p-3. The van der Waals surface area contributed by atoms with E-state index in [0.717, 1.165) is 44.9 Å². The van der Waals surface area contributed by atoms with Crippen LogP contribution >= 0.6 is 0 Å². The fourth-order valence-electron chi connectivity index (χ4n) is 11.3. The van der Waals surface area contributed by atoms with Crippen molar-refractivity contribution in [3.63, 3.8) is 0 Å². The summed E-state index contributed by atoms with van der Waals surface area (Å²) in [6.45, 7) is 7.36. The first-order chi connectivity index (χ1) is 34.7. The normalized spacial score (nSPS) is 12.3. The summed E-state index contributed by atoms with van der Waals surface area (Å²) in [6, 6.07) is 90.1. The molecule has 368 valence electrons. The molecule has 9 aromatic rings. The smallest absolute Gasteiger partial charge is 1.00 e. The van der Waals surface area contributed by atoms with Gasteiger partial charge in [-0.25, -0.2) is 0 Å². The maximum atomic E-state index is 2.68. The van der Waals surface area contributed by atoms with Crippen molar-refractivity contribution in [1.29, 1.82) is 0 Å². The maximum absolute atomic E-state index is 3.29. The molecule has 5 heteroatoms. The van der Waals surface area contributed by atoms with Crippen LogP contribution in [-0.4, -0.2) is 8.07 Å². The predicted octanol–water partition coefficient (Wildman–Crippen LogP) is 5.43. The molecule has 0 bridgehead atoms. The van der Waals surface area contributed by atoms with E-state index >= 15 is 0 Å². The molecule has 10 rings (SSSR count). The first kappa shape index (κ1) is 56.0. The van der Waals surface area contributed by atoms with E-state index in [0.29, 0.717) is 0 Å². The van der Waals surface area contributed by atoms with Gasteiger partial charge in [0, 0.05) is 0 Å². The summed E-state index contributed by atoms with van der Waals surface area (Å²) >= 11 is 2.41. The van der Waals surface area contributed by atoms with Crippen LogP contribution in [0.2, 0.25) is 0 Å². The molecule has 0 fully saturated rings. The molecule has 74 heavy (non-hydrogen) atoms. The van der Waals surface area contributed by atoms with Crippen LogP contribution in [0.5, 0.6) is 0 Å². The molecule has 0 saturated heterocycles. The Kier molecular flexibility index (Phi) is 19.4.